The third-order valence-corrected chi connectivity index (χ3v) is 6.21. The number of benzene rings is 1. The Labute approximate surface area is 124 Å². The first kappa shape index (κ1) is 15.6. The summed E-state index contributed by atoms with van der Waals surface area (Å²) in [6.45, 7) is 2.13. The van der Waals surface area contributed by atoms with Crippen LogP contribution in [0.1, 0.15) is 26.2 Å². The Morgan fingerprint density at radius 3 is 2.60 bits per heavy atom. The van der Waals surface area contributed by atoms with Crippen LogP contribution >= 0.6 is 11.8 Å². The number of rotatable bonds is 6. The Kier molecular flexibility index (Phi) is 5.31. The van der Waals surface area contributed by atoms with Crippen molar-refractivity contribution in [3.05, 3.63) is 24.3 Å². The quantitative estimate of drug-likeness (QED) is 0.552. The van der Waals surface area contributed by atoms with Gasteiger partial charge in [0.1, 0.15) is 0 Å². The normalized spacial score (nSPS) is 22.9. The van der Waals surface area contributed by atoms with E-state index in [4.69, 9.17) is 5.84 Å². The molecule has 1 aromatic carbocycles. The number of sulfonamides is 1. The number of anilines is 1. The maximum absolute atomic E-state index is 12.3. The van der Waals surface area contributed by atoms with E-state index < -0.39 is 10.0 Å². The lowest BCUT2D eigenvalue weighted by Crippen LogP contribution is -2.33. The molecule has 5 nitrogen and oxygen atoms in total. The van der Waals surface area contributed by atoms with E-state index in [-0.39, 0.29) is 10.9 Å². The molecule has 2 rings (SSSR count). The van der Waals surface area contributed by atoms with Gasteiger partial charge in [-0.25, -0.2) is 13.1 Å². The van der Waals surface area contributed by atoms with E-state index in [0.717, 1.165) is 25.0 Å². The number of nitrogen functional groups attached to an aromatic ring is 1. The molecule has 1 aromatic rings. The van der Waals surface area contributed by atoms with Gasteiger partial charge in [0, 0.05) is 17.0 Å². The van der Waals surface area contributed by atoms with Crippen LogP contribution in [0.4, 0.5) is 5.69 Å². The molecule has 20 heavy (non-hydrogen) atoms. The van der Waals surface area contributed by atoms with E-state index in [0.29, 0.717) is 10.9 Å². The highest BCUT2D eigenvalue weighted by molar-refractivity contribution is 7.99. The SMILES string of the molecule is CCSC1CCC(NS(=O)(=O)c2ccc(NN)cc2)C1. The van der Waals surface area contributed by atoms with Crippen molar-refractivity contribution in [2.45, 2.75) is 42.4 Å². The molecule has 0 spiro atoms. The summed E-state index contributed by atoms with van der Waals surface area (Å²) in [5.74, 6) is 6.35. The fourth-order valence-corrected chi connectivity index (χ4v) is 4.88. The van der Waals surface area contributed by atoms with Gasteiger partial charge in [0.05, 0.1) is 4.90 Å². The maximum Gasteiger partial charge on any atom is 0.240 e. The molecular formula is C13H21N3O2S2. The van der Waals surface area contributed by atoms with Gasteiger partial charge in [-0.15, -0.1) is 0 Å². The van der Waals surface area contributed by atoms with Crippen LogP contribution in [0.3, 0.4) is 0 Å². The van der Waals surface area contributed by atoms with Crippen molar-refractivity contribution in [3.63, 3.8) is 0 Å². The molecule has 0 bridgehead atoms. The lowest BCUT2D eigenvalue weighted by molar-refractivity contribution is 0.552. The second kappa shape index (κ2) is 6.80. The molecule has 112 valence electrons. The number of hydrogen-bond donors (Lipinski definition) is 3. The van der Waals surface area contributed by atoms with E-state index in [2.05, 4.69) is 17.1 Å². The molecule has 1 aliphatic carbocycles. The number of nitrogens with two attached hydrogens (primary N) is 1. The first-order valence-corrected chi connectivity index (χ1v) is 9.29. The monoisotopic (exact) mass is 315 g/mol. The zero-order chi connectivity index (χ0) is 14.6. The molecule has 1 aliphatic rings. The third-order valence-electron chi connectivity index (χ3n) is 3.44. The number of nitrogens with one attached hydrogen (secondary N) is 2. The molecule has 1 fully saturated rings. The first-order chi connectivity index (χ1) is 9.55. The van der Waals surface area contributed by atoms with E-state index in [9.17, 15) is 8.42 Å². The molecule has 1 saturated carbocycles. The van der Waals surface area contributed by atoms with Crippen LogP contribution in [0.15, 0.2) is 29.2 Å². The van der Waals surface area contributed by atoms with Crippen molar-refractivity contribution < 1.29 is 8.42 Å². The largest absolute Gasteiger partial charge is 0.324 e. The highest BCUT2D eigenvalue weighted by atomic mass is 32.2. The summed E-state index contributed by atoms with van der Waals surface area (Å²) in [4.78, 5) is 0.281. The number of thioether (sulfide) groups is 1. The summed E-state index contributed by atoms with van der Waals surface area (Å²) in [6.07, 6.45) is 2.92. The number of hydrogen-bond acceptors (Lipinski definition) is 5. The second-order valence-corrected chi connectivity index (χ2v) is 8.17. The molecule has 7 heteroatoms. The van der Waals surface area contributed by atoms with Crippen LogP contribution in [0, 0.1) is 0 Å². The predicted molar refractivity (Wildman–Crippen MR) is 84.1 cm³/mol. The highest BCUT2D eigenvalue weighted by Crippen LogP contribution is 2.30. The summed E-state index contributed by atoms with van der Waals surface area (Å²) in [7, 11) is -3.43. The van der Waals surface area contributed by atoms with Gasteiger partial charge < -0.3 is 5.43 Å². The van der Waals surface area contributed by atoms with Gasteiger partial charge in [-0.2, -0.15) is 11.8 Å². The standard InChI is InChI=1S/C13H21N3O2S2/c1-2-19-12-6-3-11(9-12)16-20(17,18)13-7-4-10(15-14)5-8-13/h4-5,7-8,11-12,15-16H,2-3,6,9,14H2,1H3. The molecule has 0 heterocycles. The van der Waals surface area contributed by atoms with Crippen LogP contribution in [-0.4, -0.2) is 25.5 Å². The lowest BCUT2D eigenvalue weighted by Gasteiger charge is -2.14. The van der Waals surface area contributed by atoms with Gasteiger partial charge in [-0.3, -0.25) is 5.84 Å². The van der Waals surface area contributed by atoms with Crippen molar-refractivity contribution in [2.75, 3.05) is 11.2 Å². The summed E-state index contributed by atoms with van der Waals surface area (Å²) in [5, 5.41) is 0.580. The van der Waals surface area contributed by atoms with E-state index in [1.807, 2.05) is 11.8 Å². The van der Waals surface area contributed by atoms with Crippen LogP contribution < -0.4 is 16.0 Å². The van der Waals surface area contributed by atoms with Gasteiger partial charge in [0.15, 0.2) is 0 Å². The minimum atomic E-state index is -3.43. The third kappa shape index (κ3) is 3.88. The smallest absolute Gasteiger partial charge is 0.240 e. The van der Waals surface area contributed by atoms with Crippen molar-refractivity contribution >= 4 is 27.5 Å². The van der Waals surface area contributed by atoms with Crippen LogP contribution in [-0.2, 0) is 10.0 Å². The molecule has 0 aliphatic heterocycles. The van der Waals surface area contributed by atoms with Gasteiger partial charge in [-0.05, 0) is 49.3 Å². The molecule has 2 atom stereocenters. The summed E-state index contributed by atoms with van der Waals surface area (Å²) in [6, 6.07) is 6.48. The number of hydrazine groups is 1. The summed E-state index contributed by atoms with van der Waals surface area (Å²) >= 11 is 1.91. The molecule has 0 amide bonds. The van der Waals surface area contributed by atoms with Gasteiger partial charge in [-0.1, -0.05) is 6.92 Å². The second-order valence-electron chi connectivity index (χ2n) is 4.88. The molecule has 4 N–H and O–H groups in total. The Bertz CT molecular complexity index is 531. The van der Waals surface area contributed by atoms with Crippen molar-refractivity contribution in [1.82, 2.24) is 4.72 Å². The van der Waals surface area contributed by atoms with E-state index >= 15 is 0 Å². The zero-order valence-corrected chi connectivity index (χ0v) is 13.1. The van der Waals surface area contributed by atoms with E-state index in [1.165, 1.54) is 0 Å². The zero-order valence-electron chi connectivity index (χ0n) is 11.5. The maximum atomic E-state index is 12.3. The fraction of sp³-hybridized carbons (Fsp3) is 0.538. The summed E-state index contributed by atoms with van der Waals surface area (Å²) < 4.78 is 27.4. The Balaban J connectivity index is 2.00. The summed E-state index contributed by atoms with van der Waals surface area (Å²) in [5.41, 5.74) is 3.17. The Morgan fingerprint density at radius 1 is 1.30 bits per heavy atom. The van der Waals surface area contributed by atoms with Crippen molar-refractivity contribution in [2.24, 2.45) is 5.84 Å². The lowest BCUT2D eigenvalue weighted by atomic mass is 10.3. The average molecular weight is 315 g/mol. The van der Waals surface area contributed by atoms with E-state index in [1.54, 1.807) is 24.3 Å². The molecule has 0 radical (unpaired) electrons. The van der Waals surface area contributed by atoms with Gasteiger partial charge in [0.25, 0.3) is 0 Å². The fourth-order valence-electron chi connectivity index (χ4n) is 2.45. The first-order valence-electron chi connectivity index (χ1n) is 6.75. The van der Waals surface area contributed by atoms with Crippen molar-refractivity contribution in [3.8, 4) is 0 Å². The topological polar surface area (TPSA) is 84.2 Å². The molecule has 0 saturated heterocycles. The molecule has 0 aromatic heterocycles. The minimum Gasteiger partial charge on any atom is -0.324 e. The van der Waals surface area contributed by atoms with Gasteiger partial charge >= 0.3 is 0 Å². The van der Waals surface area contributed by atoms with Crippen LogP contribution in [0.5, 0.6) is 0 Å². The molecule has 2 unspecified atom stereocenters. The molecular weight excluding hydrogens is 294 g/mol. The Morgan fingerprint density at radius 2 is 2.00 bits per heavy atom. The Hall–Kier alpha value is -0.760. The predicted octanol–water partition coefficient (Wildman–Crippen LogP) is 1.92. The minimum absolute atomic E-state index is 0.0522. The average Bonchev–Trinajstić information content (AvgIpc) is 2.86. The van der Waals surface area contributed by atoms with Crippen LogP contribution in [0.2, 0.25) is 0 Å². The van der Waals surface area contributed by atoms with Crippen molar-refractivity contribution in [1.29, 1.82) is 0 Å². The van der Waals surface area contributed by atoms with Crippen LogP contribution in [0.25, 0.3) is 0 Å². The van der Waals surface area contributed by atoms with Gasteiger partial charge in [0.2, 0.25) is 10.0 Å². The highest BCUT2D eigenvalue weighted by Gasteiger charge is 2.28.